The number of hydrogen-bond acceptors (Lipinski definition) is 4. The lowest BCUT2D eigenvalue weighted by Gasteiger charge is -2.19. The van der Waals surface area contributed by atoms with Crippen LogP contribution in [0.5, 0.6) is 5.75 Å². The highest BCUT2D eigenvalue weighted by Gasteiger charge is 2.16. The molecule has 1 aromatic carbocycles. The summed E-state index contributed by atoms with van der Waals surface area (Å²) in [5, 5.41) is 5.90. The monoisotopic (exact) mass is 468 g/mol. The van der Waals surface area contributed by atoms with Gasteiger partial charge in [0, 0.05) is 16.7 Å². The van der Waals surface area contributed by atoms with Gasteiger partial charge in [-0.15, -0.1) is 0 Å². The maximum Gasteiger partial charge on any atom is 0.407 e. The lowest BCUT2D eigenvalue weighted by molar-refractivity contribution is 0.0527. The predicted molar refractivity (Wildman–Crippen MR) is 102 cm³/mol. The molecule has 6 nitrogen and oxygen atoms in total. The molecule has 0 fully saturated rings. The van der Waals surface area contributed by atoms with Crippen molar-refractivity contribution in [2.45, 2.75) is 32.8 Å². The fourth-order valence-electron chi connectivity index (χ4n) is 1.77. The van der Waals surface area contributed by atoms with Gasteiger partial charge in [-0.1, -0.05) is 11.6 Å². The van der Waals surface area contributed by atoms with Crippen LogP contribution in [0.15, 0.2) is 12.1 Å². The number of rotatable bonds is 6. The number of hydrogen-bond donors (Lipinski definition) is 2. The van der Waals surface area contributed by atoms with E-state index in [-0.39, 0.29) is 5.91 Å². The average molecular weight is 469 g/mol. The molecule has 1 aromatic rings. The molecule has 0 aromatic heterocycles. The highest BCUT2D eigenvalue weighted by atomic mass is 127. The van der Waals surface area contributed by atoms with E-state index in [9.17, 15) is 9.59 Å². The molecule has 0 radical (unpaired) electrons. The van der Waals surface area contributed by atoms with E-state index in [0.717, 1.165) is 3.57 Å². The van der Waals surface area contributed by atoms with Gasteiger partial charge in [0.2, 0.25) is 0 Å². The number of nitrogens with one attached hydrogen (secondary N) is 2. The maximum absolute atomic E-state index is 12.2. The standard InChI is InChI=1S/C16H22ClIN2O4/c1-16(2,3)24-15(22)20-7-5-6-19-14(21)10-8-11(17)12(18)9-13(10)23-4/h8-9H,5-7H2,1-4H3,(H,19,21)(H,20,22). The Bertz CT molecular complexity index is 602. The maximum atomic E-state index is 12.2. The van der Waals surface area contributed by atoms with Crippen molar-refractivity contribution in [3.63, 3.8) is 0 Å². The van der Waals surface area contributed by atoms with Crippen molar-refractivity contribution < 1.29 is 19.1 Å². The smallest absolute Gasteiger partial charge is 0.407 e. The van der Waals surface area contributed by atoms with Crippen molar-refractivity contribution in [1.29, 1.82) is 0 Å². The molecule has 0 atom stereocenters. The van der Waals surface area contributed by atoms with Gasteiger partial charge in [-0.3, -0.25) is 4.79 Å². The second-order valence-corrected chi connectivity index (χ2v) is 7.57. The largest absolute Gasteiger partial charge is 0.496 e. The molecule has 0 bridgehead atoms. The van der Waals surface area contributed by atoms with E-state index >= 15 is 0 Å². The van der Waals surface area contributed by atoms with Gasteiger partial charge in [-0.2, -0.15) is 0 Å². The van der Waals surface area contributed by atoms with Gasteiger partial charge in [0.05, 0.1) is 17.7 Å². The van der Waals surface area contributed by atoms with Crippen molar-refractivity contribution in [2.75, 3.05) is 20.2 Å². The second-order valence-electron chi connectivity index (χ2n) is 6.00. The van der Waals surface area contributed by atoms with E-state index in [1.165, 1.54) is 7.11 Å². The summed E-state index contributed by atoms with van der Waals surface area (Å²) in [4.78, 5) is 23.7. The summed E-state index contributed by atoms with van der Waals surface area (Å²) in [6.07, 6.45) is 0.102. The van der Waals surface area contributed by atoms with Crippen molar-refractivity contribution in [1.82, 2.24) is 10.6 Å². The number of amides is 2. The minimum absolute atomic E-state index is 0.276. The first-order valence-corrected chi connectivity index (χ1v) is 8.88. The van der Waals surface area contributed by atoms with Crippen LogP contribution in [-0.2, 0) is 4.74 Å². The van der Waals surface area contributed by atoms with Gasteiger partial charge in [0.25, 0.3) is 5.91 Å². The quantitative estimate of drug-likeness (QED) is 0.494. The van der Waals surface area contributed by atoms with Crippen molar-refractivity contribution in [3.05, 3.63) is 26.3 Å². The van der Waals surface area contributed by atoms with Crippen LogP contribution in [0.3, 0.4) is 0 Å². The third-order valence-electron chi connectivity index (χ3n) is 2.79. The van der Waals surface area contributed by atoms with Gasteiger partial charge in [-0.05, 0) is 61.9 Å². The summed E-state index contributed by atoms with van der Waals surface area (Å²) < 4.78 is 11.1. The van der Waals surface area contributed by atoms with Crippen LogP contribution in [0.2, 0.25) is 5.02 Å². The Morgan fingerprint density at radius 1 is 1.21 bits per heavy atom. The fraction of sp³-hybridized carbons (Fsp3) is 0.500. The van der Waals surface area contributed by atoms with E-state index in [2.05, 4.69) is 33.2 Å². The summed E-state index contributed by atoms with van der Waals surface area (Å²) in [6, 6.07) is 3.29. The summed E-state index contributed by atoms with van der Waals surface area (Å²) in [5.74, 6) is 0.190. The highest BCUT2D eigenvalue weighted by molar-refractivity contribution is 14.1. The van der Waals surface area contributed by atoms with E-state index in [4.69, 9.17) is 21.1 Å². The van der Waals surface area contributed by atoms with Crippen LogP contribution >= 0.6 is 34.2 Å². The van der Waals surface area contributed by atoms with Crippen LogP contribution < -0.4 is 15.4 Å². The van der Waals surface area contributed by atoms with Gasteiger partial charge in [0.1, 0.15) is 11.4 Å². The molecule has 0 saturated carbocycles. The average Bonchev–Trinajstić information content (AvgIpc) is 2.47. The topological polar surface area (TPSA) is 76.7 Å². The molecule has 0 aliphatic rings. The van der Waals surface area contributed by atoms with Gasteiger partial charge < -0.3 is 20.1 Å². The van der Waals surface area contributed by atoms with Crippen LogP contribution in [-0.4, -0.2) is 37.8 Å². The van der Waals surface area contributed by atoms with Gasteiger partial charge >= 0.3 is 6.09 Å². The Labute approximate surface area is 160 Å². The molecule has 2 amide bonds. The summed E-state index contributed by atoms with van der Waals surface area (Å²) in [6.45, 7) is 6.20. The first-order valence-electron chi connectivity index (χ1n) is 7.42. The van der Waals surface area contributed by atoms with Crippen molar-refractivity contribution in [2.24, 2.45) is 0 Å². The van der Waals surface area contributed by atoms with E-state index in [0.29, 0.717) is 35.8 Å². The molecule has 2 N–H and O–H groups in total. The molecular formula is C16H22ClIN2O4. The number of benzene rings is 1. The third kappa shape index (κ3) is 7.12. The lowest BCUT2D eigenvalue weighted by Crippen LogP contribution is -2.34. The number of alkyl carbamates (subject to hydrolysis) is 1. The Kier molecular flexibility index (Phi) is 8.08. The van der Waals surface area contributed by atoms with Crippen LogP contribution in [0.1, 0.15) is 37.6 Å². The van der Waals surface area contributed by atoms with Crippen LogP contribution in [0.25, 0.3) is 0 Å². The lowest BCUT2D eigenvalue weighted by atomic mass is 10.2. The van der Waals surface area contributed by atoms with Crippen molar-refractivity contribution >= 4 is 46.2 Å². The van der Waals surface area contributed by atoms with E-state index in [1.54, 1.807) is 32.9 Å². The first-order chi connectivity index (χ1) is 11.1. The zero-order chi connectivity index (χ0) is 18.3. The highest BCUT2D eigenvalue weighted by Crippen LogP contribution is 2.28. The van der Waals surface area contributed by atoms with Gasteiger partial charge in [0.15, 0.2) is 0 Å². The fourth-order valence-corrected chi connectivity index (χ4v) is 2.37. The Hall–Kier alpha value is -1.22. The summed E-state index contributed by atoms with van der Waals surface area (Å²) in [5.41, 5.74) is -0.151. The molecule has 1 rings (SSSR count). The minimum Gasteiger partial charge on any atom is -0.496 e. The number of carbonyl (C=O) groups excluding carboxylic acids is 2. The number of carbonyl (C=O) groups is 2. The molecule has 8 heteroatoms. The summed E-state index contributed by atoms with van der Waals surface area (Å²) in [7, 11) is 1.50. The molecule has 0 spiro atoms. The van der Waals surface area contributed by atoms with E-state index in [1.807, 2.05) is 0 Å². The molecule has 0 saturated heterocycles. The second kappa shape index (κ2) is 9.31. The molecule has 0 aliphatic carbocycles. The zero-order valence-electron chi connectivity index (χ0n) is 14.2. The normalized spacial score (nSPS) is 10.9. The molecule has 0 heterocycles. The number of methoxy groups -OCH3 is 1. The number of halogens is 2. The SMILES string of the molecule is COc1cc(I)c(Cl)cc1C(=O)NCCCNC(=O)OC(C)(C)C. The zero-order valence-corrected chi connectivity index (χ0v) is 17.1. The van der Waals surface area contributed by atoms with Crippen molar-refractivity contribution in [3.8, 4) is 5.75 Å². The Balaban J connectivity index is 2.42. The van der Waals surface area contributed by atoms with Gasteiger partial charge in [-0.25, -0.2) is 4.79 Å². The molecule has 24 heavy (non-hydrogen) atoms. The number of ether oxygens (including phenoxy) is 2. The molecule has 134 valence electrons. The molecule has 0 aliphatic heterocycles. The third-order valence-corrected chi connectivity index (χ3v) is 4.32. The Morgan fingerprint density at radius 2 is 1.83 bits per heavy atom. The van der Waals surface area contributed by atoms with Crippen LogP contribution in [0.4, 0.5) is 4.79 Å². The Morgan fingerprint density at radius 3 is 2.42 bits per heavy atom. The molecular weight excluding hydrogens is 447 g/mol. The van der Waals surface area contributed by atoms with Crippen LogP contribution in [0, 0.1) is 3.57 Å². The molecule has 0 unspecified atom stereocenters. The first kappa shape index (κ1) is 20.8. The predicted octanol–water partition coefficient (Wildman–Crippen LogP) is 3.60. The van der Waals surface area contributed by atoms with E-state index < -0.39 is 11.7 Å². The summed E-state index contributed by atoms with van der Waals surface area (Å²) >= 11 is 8.13. The minimum atomic E-state index is -0.529.